The molecule has 2 N–H and O–H groups in total. The normalized spacial score (nSPS) is 18.6. The minimum Gasteiger partial charge on any atom is -0.352 e. The number of piperidine rings is 1. The smallest absolute Gasteiger partial charge is 0.352 e. The minimum atomic E-state index is -4.65. The lowest BCUT2D eigenvalue weighted by atomic mass is 9.96. The summed E-state index contributed by atoms with van der Waals surface area (Å²) >= 11 is 0. The Morgan fingerprint density at radius 3 is 2.34 bits per heavy atom. The summed E-state index contributed by atoms with van der Waals surface area (Å²) in [7, 11) is -3.21. The number of nitrogens with zero attached hydrogens (tertiary/aromatic N) is 1. The average Bonchev–Trinajstić information content (AvgIpc) is 3.55. The predicted molar refractivity (Wildman–Crippen MR) is 112 cm³/mol. The Labute approximate surface area is 185 Å². The Morgan fingerprint density at radius 2 is 1.75 bits per heavy atom. The Balaban J connectivity index is 1.40. The summed E-state index contributed by atoms with van der Waals surface area (Å²) in [5, 5.41) is 2.66. The molecule has 0 spiro atoms. The highest BCUT2D eigenvalue weighted by Gasteiger charge is 2.32. The molecule has 180 valence electrons. The van der Waals surface area contributed by atoms with E-state index in [0.717, 1.165) is 50.9 Å². The summed E-state index contributed by atoms with van der Waals surface area (Å²) < 4.78 is 78.3. The van der Waals surface area contributed by atoms with E-state index in [4.69, 9.17) is 0 Å². The average molecular weight is 480 g/mol. The molecule has 0 bridgehead atoms. The van der Waals surface area contributed by atoms with E-state index in [1.165, 1.54) is 0 Å². The molecule has 1 aromatic carbocycles. The number of halogens is 4. The lowest BCUT2D eigenvalue weighted by Crippen LogP contribution is -2.42. The predicted octanol–water partition coefficient (Wildman–Crippen LogP) is 2.95. The number of hydrogen-bond acceptors (Lipinski definition) is 4. The highest BCUT2D eigenvalue weighted by atomic mass is 32.2. The van der Waals surface area contributed by atoms with E-state index in [0.29, 0.717) is 31.6 Å². The molecule has 3 rings (SSSR count). The number of nitrogens with one attached hydrogen (secondary N) is 2. The monoisotopic (exact) mass is 479 g/mol. The lowest BCUT2D eigenvalue weighted by molar-refractivity contribution is -0.137. The van der Waals surface area contributed by atoms with Gasteiger partial charge in [-0.05, 0) is 74.4 Å². The van der Waals surface area contributed by atoms with Crippen LogP contribution in [0.3, 0.4) is 0 Å². The maximum Gasteiger partial charge on any atom is 0.416 e. The summed E-state index contributed by atoms with van der Waals surface area (Å²) in [6, 6.07) is 2.58. The van der Waals surface area contributed by atoms with Gasteiger partial charge >= 0.3 is 6.18 Å². The summed E-state index contributed by atoms with van der Waals surface area (Å²) in [6.07, 6.45) is -1.12. The fourth-order valence-corrected chi connectivity index (χ4v) is 5.30. The molecule has 6 nitrogen and oxygen atoms in total. The van der Waals surface area contributed by atoms with Crippen LogP contribution in [0.1, 0.15) is 47.2 Å². The van der Waals surface area contributed by atoms with Crippen LogP contribution in [0.4, 0.5) is 17.6 Å². The zero-order valence-corrected chi connectivity index (χ0v) is 18.6. The van der Waals surface area contributed by atoms with Crippen molar-refractivity contribution in [1.82, 2.24) is 14.9 Å². The number of sulfonamides is 1. The second-order valence-corrected chi connectivity index (χ2v) is 10.5. The topological polar surface area (TPSA) is 78.5 Å². The van der Waals surface area contributed by atoms with Crippen LogP contribution in [0.15, 0.2) is 18.2 Å². The largest absolute Gasteiger partial charge is 0.416 e. The maximum absolute atomic E-state index is 13.0. The minimum absolute atomic E-state index is 0.174. The number of carbonyl (C=O) groups is 1. The van der Waals surface area contributed by atoms with Gasteiger partial charge in [0.2, 0.25) is 10.0 Å². The standard InChI is InChI=1S/C21H29F4N3O3S/c22-12-17-9-18(11-19(10-17)21(23,24)25)20(29)26-13-15-3-6-28(7-4-15)8-5-27-32(30,31)14-16-1-2-16/h9-11,15-16,27H,1-8,12-14H2,(H,26,29). The Morgan fingerprint density at radius 1 is 1.06 bits per heavy atom. The fourth-order valence-electron chi connectivity index (χ4n) is 3.83. The molecule has 1 aliphatic heterocycles. The van der Waals surface area contributed by atoms with Crippen LogP contribution < -0.4 is 10.0 Å². The van der Waals surface area contributed by atoms with E-state index in [1.807, 2.05) is 0 Å². The Kier molecular flexibility index (Phi) is 8.16. The van der Waals surface area contributed by atoms with Gasteiger partial charge in [0.05, 0.1) is 11.3 Å². The quantitative estimate of drug-likeness (QED) is 0.506. The first-order valence-electron chi connectivity index (χ1n) is 10.8. The molecule has 2 fully saturated rings. The van der Waals surface area contributed by atoms with E-state index in [9.17, 15) is 30.8 Å². The lowest BCUT2D eigenvalue weighted by Gasteiger charge is -2.32. The molecule has 11 heteroatoms. The SMILES string of the molecule is O=C(NCC1CCN(CCNS(=O)(=O)CC2CC2)CC1)c1cc(CF)cc(C(F)(F)F)c1. The molecule has 1 heterocycles. The highest BCUT2D eigenvalue weighted by Crippen LogP contribution is 2.31. The van der Waals surface area contributed by atoms with Crippen molar-refractivity contribution < 1.29 is 30.8 Å². The second-order valence-electron chi connectivity index (χ2n) is 8.66. The molecule has 32 heavy (non-hydrogen) atoms. The summed E-state index contributed by atoms with van der Waals surface area (Å²) in [4.78, 5) is 14.5. The van der Waals surface area contributed by atoms with Crippen molar-refractivity contribution in [3.05, 3.63) is 34.9 Å². The van der Waals surface area contributed by atoms with Gasteiger partial charge in [-0.3, -0.25) is 4.79 Å². The highest BCUT2D eigenvalue weighted by molar-refractivity contribution is 7.89. The fraction of sp³-hybridized carbons (Fsp3) is 0.667. The molecule has 2 aliphatic rings. The van der Waals surface area contributed by atoms with Gasteiger partial charge in [0.15, 0.2) is 0 Å². The van der Waals surface area contributed by atoms with Crippen LogP contribution in [0.2, 0.25) is 0 Å². The van der Waals surface area contributed by atoms with Gasteiger partial charge in [0.1, 0.15) is 6.67 Å². The van der Waals surface area contributed by atoms with Gasteiger partial charge < -0.3 is 10.2 Å². The van der Waals surface area contributed by atoms with Crippen LogP contribution >= 0.6 is 0 Å². The van der Waals surface area contributed by atoms with Crippen molar-refractivity contribution in [3.63, 3.8) is 0 Å². The number of likely N-dealkylation sites (tertiary alicyclic amines) is 1. The zero-order chi connectivity index (χ0) is 23.4. The molecule has 1 saturated heterocycles. The maximum atomic E-state index is 13.0. The molecule has 1 saturated carbocycles. The molecule has 0 radical (unpaired) electrons. The van der Waals surface area contributed by atoms with Gasteiger partial charge in [0, 0.05) is 25.2 Å². The Bertz CT molecular complexity index is 896. The van der Waals surface area contributed by atoms with E-state index in [2.05, 4.69) is 14.9 Å². The van der Waals surface area contributed by atoms with Crippen molar-refractivity contribution in [3.8, 4) is 0 Å². The van der Waals surface area contributed by atoms with E-state index in [1.54, 1.807) is 0 Å². The number of alkyl halides is 4. The Hall–Kier alpha value is -1.72. The van der Waals surface area contributed by atoms with Crippen molar-refractivity contribution in [2.24, 2.45) is 11.8 Å². The number of hydrogen-bond donors (Lipinski definition) is 2. The third-order valence-electron chi connectivity index (χ3n) is 5.90. The van der Waals surface area contributed by atoms with Gasteiger partial charge in [-0.15, -0.1) is 0 Å². The van der Waals surface area contributed by atoms with Gasteiger partial charge in [-0.1, -0.05) is 0 Å². The molecule has 0 unspecified atom stereocenters. The first kappa shape index (κ1) is 24.9. The third-order valence-corrected chi connectivity index (χ3v) is 7.45. The molecular weight excluding hydrogens is 450 g/mol. The summed E-state index contributed by atoms with van der Waals surface area (Å²) in [5.74, 6) is 0.0254. The molecular formula is C21H29F4N3O3S. The van der Waals surface area contributed by atoms with Gasteiger partial charge in [0.25, 0.3) is 5.91 Å². The van der Waals surface area contributed by atoms with E-state index < -0.39 is 34.3 Å². The molecule has 0 aromatic heterocycles. The first-order valence-corrected chi connectivity index (χ1v) is 12.5. The van der Waals surface area contributed by atoms with Crippen molar-refractivity contribution >= 4 is 15.9 Å². The molecule has 1 aromatic rings. The molecule has 1 amide bonds. The number of amides is 1. The second kappa shape index (κ2) is 10.5. The summed E-state index contributed by atoms with van der Waals surface area (Å²) in [6.45, 7) is 1.71. The van der Waals surface area contributed by atoms with Crippen LogP contribution in [0.25, 0.3) is 0 Å². The summed E-state index contributed by atoms with van der Waals surface area (Å²) in [5.41, 5.74) is -1.44. The number of benzene rings is 1. The third kappa shape index (κ3) is 7.70. The van der Waals surface area contributed by atoms with E-state index in [-0.39, 0.29) is 22.8 Å². The molecule has 1 aliphatic carbocycles. The van der Waals surface area contributed by atoms with Gasteiger partial charge in [-0.25, -0.2) is 17.5 Å². The van der Waals surface area contributed by atoms with Crippen LogP contribution in [0.5, 0.6) is 0 Å². The van der Waals surface area contributed by atoms with Crippen molar-refractivity contribution in [2.45, 2.75) is 38.5 Å². The number of carbonyl (C=O) groups excluding carboxylic acids is 1. The van der Waals surface area contributed by atoms with Crippen molar-refractivity contribution in [1.29, 1.82) is 0 Å². The molecule has 0 atom stereocenters. The van der Waals surface area contributed by atoms with Crippen LogP contribution in [-0.2, 0) is 22.9 Å². The van der Waals surface area contributed by atoms with Gasteiger partial charge in [-0.2, -0.15) is 13.2 Å². The zero-order valence-electron chi connectivity index (χ0n) is 17.8. The van der Waals surface area contributed by atoms with Crippen LogP contribution in [-0.4, -0.2) is 57.7 Å². The van der Waals surface area contributed by atoms with Crippen molar-refractivity contribution in [2.75, 3.05) is 38.5 Å². The van der Waals surface area contributed by atoms with Crippen LogP contribution in [0, 0.1) is 11.8 Å². The van der Waals surface area contributed by atoms with E-state index >= 15 is 0 Å². The first-order chi connectivity index (χ1) is 15.1. The number of rotatable bonds is 10.